The molecule has 0 aliphatic heterocycles. The van der Waals surface area contributed by atoms with Gasteiger partial charge in [-0.3, -0.25) is 9.59 Å². The van der Waals surface area contributed by atoms with Crippen LogP contribution in [0.5, 0.6) is 34.8 Å². The molecule has 0 fully saturated rings. The molecule has 0 unspecified atom stereocenters. The van der Waals surface area contributed by atoms with Gasteiger partial charge in [-0.25, -0.2) is 9.97 Å². The number of nitrogens with two attached hydrogens (primary N) is 1. The number of hydrogen-bond acceptors (Lipinski definition) is 15. The SMILES string of the molecule is CCN(CC)CC.CNC(=O)CCOc1nc(Cl)ncc1Br.CNC(=O)CCOc1nc(Nc2cc(C)c(OC)c(OC)c2)ncc1Br.COc1cc(N)cc(C)c1OC.[Cl][Zn][Cl]. The number of benzene rings is 2. The van der Waals surface area contributed by atoms with E-state index in [1.54, 1.807) is 60.9 Å². The van der Waals surface area contributed by atoms with Crippen LogP contribution in [0, 0.1) is 13.8 Å². The van der Waals surface area contributed by atoms with E-state index in [1.807, 2.05) is 26.0 Å². The maximum absolute atomic E-state index is 11.3. The molecule has 17 nitrogen and oxygen atoms in total. The average molecular weight is 1120 g/mol. The Balaban J connectivity index is 0.000000879. The Labute approximate surface area is 408 Å². The standard InChI is InChI=1S/C17H21BrN4O4.C9H13NO2.C8H9BrClN3O2.C6H15N.2ClH.Zn/c1-10-7-11(8-13(24-3)15(10)25-4)21-17-20-9-12(18)16(22-17)26-6-5-14(23)19-2;1-6-4-7(10)5-8(11-2)9(6)12-3;1-11-6(14)2-3-15-7-5(9)4-12-8(10)13-7;1-4-7(5-2)6-3;;;/h7-9H,5-6H2,1-4H3,(H,19,23)(H,20,21,22);4-5H,10H2,1-3H3;4H,2-3H2,1H3,(H,11,14);4-6H2,1-3H3;2*1H;/q;;;;;;+2/p-2. The Morgan fingerprint density at radius 3 is 1.60 bits per heavy atom. The second kappa shape index (κ2) is 34.7. The molecule has 0 spiro atoms. The summed E-state index contributed by atoms with van der Waals surface area (Å²) in [6.07, 6.45) is 3.58. The molecule has 0 aliphatic carbocycles. The van der Waals surface area contributed by atoms with Crippen molar-refractivity contribution in [3.8, 4) is 34.8 Å². The van der Waals surface area contributed by atoms with Crippen LogP contribution in [0.1, 0.15) is 44.7 Å². The van der Waals surface area contributed by atoms with Crippen molar-refractivity contribution in [2.45, 2.75) is 47.5 Å². The second-order valence-corrected chi connectivity index (χ2v) is 18.8. The molecule has 0 saturated carbocycles. The molecule has 0 saturated heterocycles. The van der Waals surface area contributed by atoms with E-state index in [0.29, 0.717) is 49.6 Å². The number of halogens is 5. The predicted octanol–water partition coefficient (Wildman–Crippen LogP) is 8.55. The molecule has 2 aromatic carbocycles. The fourth-order valence-corrected chi connectivity index (χ4v) is 5.62. The van der Waals surface area contributed by atoms with Crippen molar-refractivity contribution >= 4 is 92.0 Å². The molecule has 4 aromatic rings. The van der Waals surface area contributed by atoms with Crippen LogP contribution in [0.4, 0.5) is 17.3 Å². The van der Waals surface area contributed by atoms with Gasteiger partial charge in [-0.15, -0.1) is 0 Å². The third-order valence-corrected chi connectivity index (χ3v) is 9.31. The number of nitrogens with zero attached hydrogens (tertiary/aromatic N) is 5. The molecule has 2 amide bonds. The zero-order chi connectivity index (χ0) is 47.9. The molecule has 63 heavy (non-hydrogen) atoms. The van der Waals surface area contributed by atoms with Crippen molar-refractivity contribution in [3.05, 3.63) is 62.0 Å². The third-order valence-electron chi connectivity index (χ3n) is 8.04. The molecule has 5 N–H and O–H groups in total. The minimum absolute atomic E-state index is 0.0914. The van der Waals surface area contributed by atoms with Gasteiger partial charge in [-0.1, -0.05) is 20.8 Å². The summed E-state index contributed by atoms with van der Waals surface area (Å²) in [6, 6.07) is 7.29. The fourth-order valence-electron chi connectivity index (χ4n) is 4.88. The Bertz CT molecular complexity index is 1960. The van der Waals surface area contributed by atoms with Crippen molar-refractivity contribution in [1.82, 2.24) is 35.5 Å². The fraction of sp³-hybridized carbons (Fsp3) is 0.450. The van der Waals surface area contributed by atoms with Crippen LogP contribution in [-0.2, 0) is 24.7 Å². The van der Waals surface area contributed by atoms with Crippen molar-refractivity contribution in [1.29, 1.82) is 0 Å². The number of amides is 2. The Kier molecular flexibility index (Phi) is 32.7. The van der Waals surface area contributed by atoms with Gasteiger partial charge in [0, 0.05) is 43.8 Å². The quantitative estimate of drug-likeness (QED) is 0.0444. The summed E-state index contributed by atoms with van der Waals surface area (Å²) in [5, 5.41) is 8.24. The van der Waals surface area contributed by atoms with Gasteiger partial charge >= 0.3 is 34.5 Å². The average Bonchev–Trinajstić information content (AvgIpc) is 3.26. The molecular formula is C40H58Br2Cl3N9O8Zn. The van der Waals surface area contributed by atoms with Crippen molar-refractivity contribution in [2.24, 2.45) is 0 Å². The number of carbonyl (C=O) groups is 2. The Morgan fingerprint density at radius 2 is 1.17 bits per heavy atom. The number of ether oxygens (including phenoxy) is 6. The zero-order valence-corrected chi connectivity index (χ0v) is 46.0. The first kappa shape index (κ1) is 59.4. The van der Waals surface area contributed by atoms with Gasteiger partial charge in [0.25, 0.3) is 0 Å². The molecule has 23 heteroatoms. The Morgan fingerprint density at radius 1 is 0.730 bits per heavy atom. The summed E-state index contributed by atoms with van der Waals surface area (Å²) >= 11 is 11.2. The first-order chi connectivity index (χ1) is 30.1. The van der Waals surface area contributed by atoms with Crippen LogP contribution in [0.15, 0.2) is 45.6 Å². The second-order valence-electron chi connectivity index (χ2n) is 12.1. The summed E-state index contributed by atoms with van der Waals surface area (Å²) in [6.45, 7) is 14.4. The van der Waals surface area contributed by atoms with Gasteiger partial charge in [-0.05, 0) is 100 Å². The number of aryl methyl sites for hydroxylation is 2. The number of anilines is 3. The topological polar surface area (TPSA) is 206 Å². The number of methoxy groups -OCH3 is 4. The van der Waals surface area contributed by atoms with Gasteiger partial charge in [0.05, 0.1) is 69.6 Å². The van der Waals surface area contributed by atoms with Gasteiger partial charge in [0.1, 0.15) is 0 Å². The normalized spacial score (nSPS) is 9.67. The minimum atomic E-state index is -0.931. The van der Waals surface area contributed by atoms with Crippen LogP contribution in [0.3, 0.4) is 0 Å². The molecule has 2 heterocycles. The van der Waals surface area contributed by atoms with Gasteiger partial charge in [0.2, 0.25) is 34.8 Å². The van der Waals surface area contributed by atoms with E-state index < -0.39 is 15.1 Å². The summed E-state index contributed by atoms with van der Waals surface area (Å²) in [5.41, 5.74) is 8.95. The van der Waals surface area contributed by atoms with Crippen LogP contribution in [-0.4, -0.2) is 112 Å². The van der Waals surface area contributed by atoms with Crippen LogP contribution in [0.2, 0.25) is 5.28 Å². The number of carbonyl (C=O) groups excluding carboxylic acids is 2. The maximum atomic E-state index is 11.3. The number of rotatable bonds is 17. The van der Waals surface area contributed by atoms with Crippen molar-refractivity contribution < 1.29 is 53.2 Å². The summed E-state index contributed by atoms with van der Waals surface area (Å²) in [5.74, 6) is 3.54. The van der Waals surface area contributed by atoms with Crippen molar-refractivity contribution in [2.75, 3.05) is 86.4 Å². The summed E-state index contributed by atoms with van der Waals surface area (Å²) < 4.78 is 32.9. The van der Waals surface area contributed by atoms with E-state index in [0.717, 1.165) is 22.6 Å². The first-order valence-electron chi connectivity index (χ1n) is 19.3. The summed E-state index contributed by atoms with van der Waals surface area (Å²) in [4.78, 5) is 40.7. The molecule has 2 aromatic heterocycles. The Hall–Kier alpha value is -3.65. The van der Waals surface area contributed by atoms with E-state index in [2.05, 4.69) is 93.4 Å². The van der Waals surface area contributed by atoms with Crippen LogP contribution in [0.25, 0.3) is 0 Å². The van der Waals surface area contributed by atoms with E-state index in [4.69, 9.17) is 65.1 Å². The molecule has 4 rings (SSSR count). The monoisotopic (exact) mass is 1120 g/mol. The first-order valence-corrected chi connectivity index (χ1v) is 29.0. The molecule has 0 radical (unpaired) electrons. The van der Waals surface area contributed by atoms with E-state index in [9.17, 15) is 9.59 Å². The van der Waals surface area contributed by atoms with Gasteiger partial charge in [-0.2, -0.15) is 9.97 Å². The van der Waals surface area contributed by atoms with E-state index >= 15 is 0 Å². The predicted molar refractivity (Wildman–Crippen MR) is 254 cm³/mol. The summed E-state index contributed by atoms with van der Waals surface area (Å²) in [7, 11) is 19.4. The third kappa shape index (κ3) is 23.7. The van der Waals surface area contributed by atoms with Crippen LogP contribution >= 0.6 is 62.8 Å². The van der Waals surface area contributed by atoms with E-state index in [-0.39, 0.29) is 43.2 Å². The molecule has 348 valence electrons. The van der Waals surface area contributed by atoms with Crippen LogP contribution < -0.4 is 50.1 Å². The van der Waals surface area contributed by atoms with E-state index in [1.165, 1.54) is 25.8 Å². The number of hydrogen-bond donors (Lipinski definition) is 4. The molecule has 0 aliphatic rings. The van der Waals surface area contributed by atoms with Gasteiger partial charge < -0.3 is 55.0 Å². The number of aromatic nitrogens is 4. The van der Waals surface area contributed by atoms with Gasteiger partial charge in [0.15, 0.2) is 23.0 Å². The van der Waals surface area contributed by atoms with Crippen molar-refractivity contribution in [3.63, 3.8) is 0 Å². The molecule has 0 bridgehead atoms. The zero-order valence-electron chi connectivity index (χ0n) is 37.6. The number of nitrogen functional groups attached to an aromatic ring is 1. The number of nitrogens with one attached hydrogen (secondary N) is 3. The molecule has 0 atom stereocenters. The molecular weight excluding hydrogens is 1070 g/mol.